The van der Waals surface area contributed by atoms with E-state index in [-0.39, 0.29) is 17.6 Å². The normalized spacial score (nSPS) is 14.2. The number of unbranched alkanes of at least 4 members (excludes halogenated alkanes) is 4. The summed E-state index contributed by atoms with van der Waals surface area (Å²) < 4.78 is 1.42. The molecule has 0 aliphatic rings. The smallest absolute Gasteiger partial charge is 0.383 e. The number of rotatable bonds is 9. The first-order valence-electron chi connectivity index (χ1n) is 6.95. The van der Waals surface area contributed by atoms with E-state index in [0.29, 0.717) is 6.42 Å². The van der Waals surface area contributed by atoms with Crippen LogP contribution in [0.1, 0.15) is 52.4 Å². The molecule has 1 heterocycles. The third kappa shape index (κ3) is 5.46. The SMILES string of the molecule is CCCCCCC[C@](C)(O)Cn1cc([N+](=O)[O-])nc1Cl. The lowest BCUT2D eigenvalue weighted by Crippen LogP contribution is -2.30. The van der Waals surface area contributed by atoms with Crippen LogP contribution in [0.25, 0.3) is 0 Å². The van der Waals surface area contributed by atoms with Crippen molar-refractivity contribution in [2.45, 2.75) is 64.5 Å². The van der Waals surface area contributed by atoms with Crippen molar-refractivity contribution in [3.63, 3.8) is 0 Å². The Bertz CT molecular complexity index is 446. The molecule has 1 N–H and O–H groups in total. The molecule has 0 bridgehead atoms. The molecule has 1 atom stereocenters. The molecule has 6 nitrogen and oxygen atoms in total. The Morgan fingerprint density at radius 2 is 2.10 bits per heavy atom. The van der Waals surface area contributed by atoms with Gasteiger partial charge in [-0.25, -0.2) is 0 Å². The van der Waals surface area contributed by atoms with Gasteiger partial charge in [0.05, 0.1) is 12.1 Å². The van der Waals surface area contributed by atoms with E-state index in [1.165, 1.54) is 30.0 Å². The van der Waals surface area contributed by atoms with Gasteiger partial charge in [-0.05, 0) is 34.9 Å². The van der Waals surface area contributed by atoms with Crippen LogP contribution in [-0.2, 0) is 6.54 Å². The number of aromatic nitrogens is 2. The van der Waals surface area contributed by atoms with Crippen LogP contribution in [0, 0.1) is 10.1 Å². The topological polar surface area (TPSA) is 81.2 Å². The van der Waals surface area contributed by atoms with Crippen molar-refractivity contribution >= 4 is 17.4 Å². The van der Waals surface area contributed by atoms with Crippen LogP contribution in [0.4, 0.5) is 5.82 Å². The number of hydrogen-bond acceptors (Lipinski definition) is 4. The number of nitro groups is 1. The average molecular weight is 304 g/mol. The minimum absolute atomic E-state index is 0.0305. The second kappa shape index (κ2) is 7.59. The predicted octanol–water partition coefficient (Wildman–Crippen LogP) is 3.56. The van der Waals surface area contributed by atoms with Gasteiger partial charge >= 0.3 is 11.1 Å². The maximum Gasteiger partial charge on any atom is 0.383 e. The van der Waals surface area contributed by atoms with Crippen molar-refractivity contribution < 1.29 is 10.0 Å². The Hall–Kier alpha value is -1.14. The zero-order chi connectivity index (χ0) is 15.2. The Morgan fingerprint density at radius 3 is 2.65 bits per heavy atom. The first-order valence-corrected chi connectivity index (χ1v) is 7.33. The van der Waals surface area contributed by atoms with Gasteiger partial charge < -0.3 is 15.2 Å². The largest absolute Gasteiger partial charge is 0.388 e. The summed E-state index contributed by atoms with van der Waals surface area (Å²) >= 11 is 5.83. The number of halogens is 1. The van der Waals surface area contributed by atoms with Gasteiger partial charge in [0.1, 0.15) is 6.20 Å². The predicted molar refractivity (Wildman–Crippen MR) is 77.9 cm³/mol. The van der Waals surface area contributed by atoms with Crippen molar-refractivity contribution in [2.75, 3.05) is 0 Å². The Kier molecular flexibility index (Phi) is 6.42. The van der Waals surface area contributed by atoms with E-state index < -0.39 is 10.5 Å². The van der Waals surface area contributed by atoms with Gasteiger partial charge in [-0.2, -0.15) is 0 Å². The van der Waals surface area contributed by atoms with Crippen molar-refractivity contribution in [1.29, 1.82) is 0 Å². The molecule has 0 aliphatic heterocycles. The molecule has 0 fully saturated rings. The Morgan fingerprint density at radius 1 is 1.45 bits per heavy atom. The zero-order valence-electron chi connectivity index (χ0n) is 12.0. The van der Waals surface area contributed by atoms with Crippen LogP contribution in [0.3, 0.4) is 0 Å². The van der Waals surface area contributed by atoms with Crippen molar-refractivity contribution in [2.24, 2.45) is 0 Å². The number of nitrogens with zero attached hydrogens (tertiary/aromatic N) is 3. The van der Waals surface area contributed by atoms with Gasteiger partial charge in [-0.15, -0.1) is 0 Å². The molecule has 0 radical (unpaired) electrons. The van der Waals surface area contributed by atoms with Crippen molar-refractivity contribution in [1.82, 2.24) is 9.55 Å². The van der Waals surface area contributed by atoms with Gasteiger partial charge in [0, 0.05) is 0 Å². The second-order valence-corrected chi connectivity index (χ2v) is 5.75. The van der Waals surface area contributed by atoms with E-state index in [1.807, 2.05) is 0 Å². The van der Waals surface area contributed by atoms with Gasteiger partial charge in [0.15, 0.2) is 0 Å². The molecule has 0 aliphatic carbocycles. The fourth-order valence-corrected chi connectivity index (χ4v) is 2.33. The van der Waals surface area contributed by atoms with E-state index in [4.69, 9.17) is 11.6 Å². The molecular formula is C13H22ClN3O3. The Labute approximate surface area is 123 Å². The van der Waals surface area contributed by atoms with Crippen LogP contribution in [0.2, 0.25) is 5.28 Å². The molecule has 1 aromatic heterocycles. The number of aliphatic hydroxyl groups is 1. The van der Waals surface area contributed by atoms with Crippen molar-refractivity contribution in [3.8, 4) is 0 Å². The van der Waals surface area contributed by atoms with E-state index in [2.05, 4.69) is 11.9 Å². The maximum absolute atomic E-state index is 10.6. The molecule has 1 rings (SSSR count). The van der Waals surface area contributed by atoms with Crippen LogP contribution in [-0.4, -0.2) is 25.2 Å². The number of hydrogen-bond donors (Lipinski definition) is 1. The van der Waals surface area contributed by atoms with Crippen LogP contribution in [0.5, 0.6) is 0 Å². The molecular weight excluding hydrogens is 282 g/mol. The van der Waals surface area contributed by atoms with E-state index in [1.54, 1.807) is 6.92 Å². The van der Waals surface area contributed by atoms with Gasteiger partial charge in [-0.3, -0.25) is 4.57 Å². The highest BCUT2D eigenvalue weighted by atomic mass is 35.5. The Balaban J connectivity index is 2.50. The minimum atomic E-state index is -0.940. The summed E-state index contributed by atoms with van der Waals surface area (Å²) in [5, 5.41) is 21.0. The van der Waals surface area contributed by atoms with Crippen LogP contribution >= 0.6 is 11.6 Å². The van der Waals surface area contributed by atoms with Gasteiger partial charge in [-0.1, -0.05) is 39.0 Å². The highest BCUT2D eigenvalue weighted by Gasteiger charge is 2.25. The molecule has 114 valence electrons. The first-order chi connectivity index (χ1) is 9.35. The minimum Gasteiger partial charge on any atom is -0.388 e. The lowest BCUT2D eigenvalue weighted by Gasteiger charge is -2.23. The molecule has 1 aromatic rings. The van der Waals surface area contributed by atoms with Crippen LogP contribution in [0.15, 0.2) is 6.20 Å². The molecule has 0 unspecified atom stereocenters. The molecule has 0 spiro atoms. The maximum atomic E-state index is 10.6. The first kappa shape index (κ1) is 16.9. The molecule has 0 aromatic carbocycles. The molecule has 0 saturated heterocycles. The van der Waals surface area contributed by atoms with Gasteiger partial charge in [0.2, 0.25) is 0 Å². The van der Waals surface area contributed by atoms with Crippen molar-refractivity contribution in [3.05, 3.63) is 21.6 Å². The third-order valence-electron chi connectivity index (χ3n) is 3.23. The summed E-state index contributed by atoms with van der Waals surface area (Å²) in [5.41, 5.74) is -0.940. The lowest BCUT2D eigenvalue weighted by atomic mass is 9.97. The van der Waals surface area contributed by atoms with E-state index >= 15 is 0 Å². The second-order valence-electron chi connectivity index (χ2n) is 5.41. The average Bonchev–Trinajstić information content (AvgIpc) is 2.70. The van der Waals surface area contributed by atoms with E-state index in [0.717, 1.165) is 12.8 Å². The fraction of sp³-hybridized carbons (Fsp3) is 0.769. The molecule has 7 heteroatoms. The monoisotopic (exact) mass is 303 g/mol. The van der Waals surface area contributed by atoms with Crippen LogP contribution < -0.4 is 0 Å². The molecule has 0 amide bonds. The summed E-state index contributed by atoms with van der Waals surface area (Å²) in [6, 6.07) is 0. The van der Waals surface area contributed by atoms with E-state index in [9.17, 15) is 15.2 Å². The summed E-state index contributed by atoms with van der Waals surface area (Å²) in [4.78, 5) is 13.7. The quantitative estimate of drug-likeness (QED) is 0.429. The molecule has 20 heavy (non-hydrogen) atoms. The summed E-state index contributed by atoms with van der Waals surface area (Å²) in [6.45, 7) is 4.08. The number of imidazole rings is 1. The zero-order valence-corrected chi connectivity index (χ0v) is 12.8. The lowest BCUT2D eigenvalue weighted by molar-refractivity contribution is -0.389. The standard InChI is InChI=1S/C13H22ClN3O3/c1-3-4-5-6-7-8-13(2,18)10-16-9-11(17(19)20)15-12(16)14/h9,18H,3-8,10H2,1-2H3/t13-/m0/s1. The van der Waals surface area contributed by atoms with Gasteiger partial charge in [0.25, 0.3) is 0 Å². The highest BCUT2D eigenvalue weighted by molar-refractivity contribution is 6.28. The summed E-state index contributed by atoms with van der Waals surface area (Å²) in [5.74, 6) is -0.297. The summed E-state index contributed by atoms with van der Waals surface area (Å²) in [6.07, 6.45) is 7.48. The fourth-order valence-electron chi connectivity index (χ4n) is 2.13. The molecule has 0 saturated carbocycles. The highest BCUT2D eigenvalue weighted by Crippen LogP contribution is 2.22. The third-order valence-corrected chi connectivity index (χ3v) is 3.53. The summed E-state index contributed by atoms with van der Waals surface area (Å²) in [7, 11) is 0.